The van der Waals surface area contributed by atoms with Crippen molar-refractivity contribution in [3.05, 3.63) is 64.6 Å². The minimum atomic E-state index is -0.157. The van der Waals surface area contributed by atoms with Gasteiger partial charge in [-0.05, 0) is 30.2 Å². The van der Waals surface area contributed by atoms with Gasteiger partial charge in [-0.15, -0.1) is 0 Å². The lowest BCUT2D eigenvalue weighted by molar-refractivity contribution is -0.119. The van der Waals surface area contributed by atoms with Crippen LogP contribution >= 0.6 is 11.6 Å². The molecule has 1 saturated heterocycles. The summed E-state index contributed by atoms with van der Waals surface area (Å²) >= 11 is 6.05. The number of ketones is 1. The number of carbonyl (C=O) groups is 2. The van der Waals surface area contributed by atoms with Gasteiger partial charge in [-0.25, -0.2) is 4.98 Å². The first-order valence-electron chi connectivity index (χ1n) is 9.85. The van der Waals surface area contributed by atoms with E-state index in [1.807, 2.05) is 31.2 Å². The molecule has 1 aliphatic rings. The molecule has 4 rings (SSSR count). The molecule has 0 aliphatic carbocycles. The third-order valence-corrected chi connectivity index (χ3v) is 5.52. The van der Waals surface area contributed by atoms with Gasteiger partial charge in [-0.1, -0.05) is 30.7 Å². The Morgan fingerprint density at radius 3 is 2.59 bits per heavy atom. The highest BCUT2D eigenvalue weighted by atomic mass is 35.5. The number of nitrogens with one attached hydrogen (secondary N) is 1. The summed E-state index contributed by atoms with van der Waals surface area (Å²) in [6.45, 7) is 3.95. The van der Waals surface area contributed by atoms with Crippen LogP contribution in [0.3, 0.4) is 0 Å². The van der Waals surface area contributed by atoms with Crippen molar-refractivity contribution in [2.75, 3.05) is 18.0 Å². The number of anilines is 1. The monoisotopic (exact) mass is 410 g/mol. The number of imidazole rings is 1. The first-order valence-corrected chi connectivity index (χ1v) is 10.2. The van der Waals surface area contributed by atoms with E-state index in [9.17, 15) is 9.59 Å². The van der Waals surface area contributed by atoms with Crippen LogP contribution in [0, 0.1) is 0 Å². The van der Waals surface area contributed by atoms with E-state index >= 15 is 0 Å². The Kier molecular flexibility index (Phi) is 5.53. The standard InChI is InChI=1S/C22H23ClN4O2/c1-2-19-21(27-12-7-16(23)13-20(27)25-19)22(29)24-14-15-3-5-17(6-4-15)26-10-8-18(28)9-11-26/h3-7,12-13H,2,8-11,14H2,1H3,(H,24,29). The number of amides is 1. The summed E-state index contributed by atoms with van der Waals surface area (Å²) in [6.07, 6.45) is 3.66. The summed E-state index contributed by atoms with van der Waals surface area (Å²) in [6, 6.07) is 11.6. The Bertz CT molecular complexity index is 1050. The number of halogens is 1. The zero-order valence-electron chi connectivity index (χ0n) is 16.3. The second-order valence-corrected chi connectivity index (χ2v) is 7.65. The number of piperidine rings is 1. The predicted molar refractivity (Wildman–Crippen MR) is 114 cm³/mol. The summed E-state index contributed by atoms with van der Waals surface area (Å²) in [5.74, 6) is 0.178. The Labute approximate surface area is 174 Å². The maximum Gasteiger partial charge on any atom is 0.270 e. The van der Waals surface area contributed by atoms with Crippen LogP contribution in [0.15, 0.2) is 42.6 Å². The third-order valence-electron chi connectivity index (χ3n) is 5.29. The number of pyridine rings is 1. The van der Waals surface area contributed by atoms with Crippen LogP contribution in [-0.2, 0) is 17.8 Å². The second kappa shape index (κ2) is 8.25. The van der Waals surface area contributed by atoms with Crippen molar-refractivity contribution in [1.82, 2.24) is 14.7 Å². The lowest BCUT2D eigenvalue weighted by Crippen LogP contribution is -2.33. The maximum atomic E-state index is 12.9. The number of hydrogen-bond donors (Lipinski definition) is 1. The fourth-order valence-corrected chi connectivity index (χ4v) is 3.81. The Morgan fingerprint density at radius 2 is 1.90 bits per heavy atom. The molecule has 0 radical (unpaired) electrons. The number of benzene rings is 1. The molecule has 2 aromatic heterocycles. The number of hydrogen-bond acceptors (Lipinski definition) is 4. The molecule has 0 saturated carbocycles. The van der Waals surface area contributed by atoms with Crippen molar-refractivity contribution >= 4 is 34.6 Å². The number of aryl methyl sites for hydroxylation is 1. The number of aromatic nitrogens is 2. The van der Waals surface area contributed by atoms with Gasteiger partial charge in [0.1, 0.15) is 17.1 Å². The van der Waals surface area contributed by atoms with Crippen molar-refractivity contribution in [2.45, 2.75) is 32.7 Å². The number of nitrogens with zero attached hydrogens (tertiary/aromatic N) is 3. The summed E-state index contributed by atoms with van der Waals surface area (Å²) in [7, 11) is 0. The highest BCUT2D eigenvalue weighted by Gasteiger charge is 2.19. The Hall–Kier alpha value is -2.86. The van der Waals surface area contributed by atoms with E-state index in [0.29, 0.717) is 48.0 Å². The molecule has 6 nitrogen and oxygen atoms in total. The van der Waals surface area contributed by atoms with Gasteiger partial charge in [-0.3, -0.25) is 14.0 Å². The first-order chi connectivity index (χ1) is 14.0. The molecule has 3 aromatic rings. The van der Waals surface area contributed by atoms with Gasteiger partial charge < -0.3 is 10.2 Å². The van der Waals surface area contributed by atoms with Crippen molar-refractivity contribution in [2.24, 2.45) is 0 Å². The number of fused-ring (bicyclic) bond motifs is 1. The van der Waals surface area contributed by atoms with Gasteiger partial charge >= 0.3 is 0 Å². The molecule has 150 valence electrons. The fraction of sp³-hybridized carbons (Fsp3) is 0.318. The zero-order chi connectivity index (χ0) is 20.4. The molecule has 0 bridgehead atoms. The minimum absolute atomic E-state index is 0.157. The molecule has 0 unspecified atom stereocenters. The molecular formula is C22H23ClN4O2. The van der Waals surface area contributed by atoms with E-state index < -0.39 is 0 Å². The minimum Gasteiger partial charge on any atom is -0.371 e. The van der Waals surface area contributed by atoms with Crippen LogP contribution in [-0.4, -0.2) is 34.2 Å². The second-order valence-electron chi connectivity index (χ2n) is 7.21. The number of carbonyl (C=O) groups excluding carboxylic acids is 2. The average Bonchev–Trinajstić information content (AvgIpc) is 3.10. The van der Waals surface area contributed by atoms with Gasteiger partial charge in [0.05, 0.1) is 5.69 Å². The van der Waals surface area contributed by atoms with Crippen LogP contribution in [0.2, 0.25) is 5.02 Å². The lowest BCUT2D eigenvalue weighted by Gasteiger charge is -2.28. The van der Waals surface area contributed by atoms with Crippen LogP contribution in [0.4, 0.5) is 5.69 Å². The van der Waals surface area contributed by atoms with Crippen molar-refractivity contribution in [1.29, 1.82) is 0 Å². The smallest absolute Gasteiger partial charge is 0.270 e. The van der Waals surface area contributed by atoms with Gasteiger partial charge in [0.15, 0.2) is 0 Å². The van der Waals surface area contributed by atoms with E-state index in [4.69, 9.17) is 11.6 Å². The van der Waals surface area contributed by atoms with Crippen molar-refractivity contribution < 1.29 is 9.59 Å². The van der Waals surface area contributed by atoms with Gasteiger partial charge in [0.2, 0.25) is 0 Å². The molecule has 1 amide bonds. The molecule has 29 heavy (non-hydrogen) atoms. The molecule has 0 spiro atoms. The molecule has 7 heteroatoms. The molecule has 1 aliphatic heterocycles. The van der Waals surface area contributed by atoms with Crippen molar-refractivity contribution in [3.8, 4) is 0 Å². The van der Waals surface area contributed by atoms with Crippen LogP contribution in [0.25, 0.3) is 5.65 Å². The summed E-state index contributed by atoms with van der Waals surface area (Å²) in [5.41, 5.74) is 4.10. The molecular weight excluding hydrogens is 388 g/mol. The van der Waals surface area contributed by atoms with E-state index in [1.165, 1.54) is 0 Å². The van der Waals surface area contributed by atoms with Gasteiger partial charge in [-0.2, -0.15) is 0 Å². The highest BCUT2D eigenvalue weighted by Crippen LogP contribution is 2.20. The molecule has 0 atom stereocenters. The summed E-state index contributed by atoms with van der Waals surface area (Å²) < 4.78 is 1.78. The largest absolute Gasteiger partial charge is 0.371 e. The molecule has 3 heterocycles. The van der Waals surface area contributed by atoms with E-state index in [-0.39, 0.29) is 5.91 Å². The Balaban J connectivity index is 1.45. The van der Waals surface area contributed by atoms with E-state index in [0.717, 1.165) is 30.0 Å². The topological polar surface area (TPSA) is 66.7 Å². The average molecular weight is 411 g/mol. The SMILES string of the molecule is CCc1nc2cc(Cl)ccn2c1C(=O)NCc1ccc(N2CCC(=O)CC2)cc1. The summed E-state index contributed by atoms with van der Waals surface area (Å²) in [5, 5.41) is 3.59. The van der Waals surface area contributed by atoms with Gasteiger partial charge in [0, 0.05) is 55.4 Å². The summed E-state index contributed by atoms with van der Waals surface area (Å²) in [4.78, 5) is 31.0. The number of rotatable bonds is 5. The molecule has 1 fully saturated rings. The van der Waals surface area contributed by atoms with E-state index in [2.05, 4.69) is 15.2 Å². The van der Waals surface area contributed by atoms with Crippen LogP contribution in [0.5, 0.6) is 0 Å². The zero-order valence-corrected chi connectivity index (χ0v) is 17.1. The first kappa shape index (κ1) is 19.5. The number of Topliss-reactive ketones (excluding diaryl/α,β-unsaturated/α-hetero) is 1. The predicted octanol–water partition coefficient (Wildman–Crippen LogP) is 3.65. The Morgan fingerprint density at radius 1 is 1.17 bits per heavy atom. The third kappa shape index (κ3) is 4.12. The van der Waals surface area contributed by atoms with Gasteiger partial charge in [0.25, 0.3) is 5.91 Å². The van der Waals surface area contributed by atoms with Crippen LogP contribution < -0.4 is 10.2 Å². The van der Waals surface area contributed by atoms with E-state index in [1.54, 1.807) is 22.7 Å². The molecule has 1 aromatic carbocycles. The molecule has 1 N–H and O–H groups in total. The lowest BCUT2D eigenvalue weighted by atomic mass is 10.1. The van der Waals surface area contributed by atoms with Crippen molar-refractivity contribution in [3.63, 3.8) is 0 Å². The quantitative estimate of drug-likeness (QED) is 0.697. The maximum absolute atomic E-state index is 12.9. The highest BCUT2D eigenvalue weighted by molar-refractivity contribution is 6.30. The fourth-order valence-electron chi connectivity index (χ4n) is 3.66. The van der Waals surface area contributed by atoms with Crippen LogP contribution in [0.1, 0.15) is 41.5 Å². The normalized spacial score (nSPS) is 14.4.